The Labute approximate surface area is 163 Å². The lowest BCUT2D eigenvalue weighted by molar-refractivity contribution is -0.145. The molecule has 0 aromatic heterocycles. The van der Waals surface area contributed by atoms with Crippen molar-refractivity contribution in [2.24, 2.45) is 10.6 Å². The SMILES string of the molecule is CC(C)(C)C(=O)N1CCN(C(=O)CC2CC(c3ccc(F)cc3F)=NO2)CC1. The highest BCUT2D eigenvalue weighted by atomic mass is 19.1. The first-order valence-corrected chi connectivity index (χ1v) is 9.40. The summed E-state index contributed by atoms with van der Waals surface area (Å²) in [6.45, 7) is 7.62. The molecule has 2 amide bonds. The first-order valence-electron chi connectivity index (χ1n) is 9.40. The van der Waals surface area contributed by atoms with Crippen molar-refractivity contribution >= 4 is 17.5 Å². The fourth-order valence-electron chi connectivity index (χ4n) is 3.38. The van der Waals surface area contributed by atoms with Crippen molar-refractivity contribution in [2.75, 3.05) is 26.2 Å². The summed E-state index contributed by atoms with van der Waals surface area (Å²) in [5, 5.41) is 3.87. The van der Waals surface area contributed by atoms with E-state index in [-0.39, 0.29) is 30.2 Å². The molecule has 1 atom stereocenters. The van der Waals surface area contributed by atoms with Crippen LogP contribution in [0.15, 0.2) is 23.4 Å². The van der Waals surface area contributed by atoms with E-state index in [1.807, 2.05) is 20.8 Å². The summed E-state index contributed by atoms with van der Waals surface area (Å²) in [7, 11) is 0. The van der Waals surface area contributed by atoms with Gasteiger partial charge in [-0.25, -0.2) is 8.78 Å². The van der Waals surface area contributed by atoms with Crippen molar-refractivity contribution in [3.8, 4) is 0 Å². The Morgan fingerprint density at radius 1 is 1.14 bits per heavy atom. The normalized spacial score (nSPS) is 20.0. The molecule has 1 unspecified atom stereocenters. The number of benzene rings is 1. The predicted octanol–water partition coefficient (Wildman–Crippen LogP) is 2.56. The standard InChI is InChI=1S/C20H25F2N3O3/c1-20(2,3)19(27)25-8-6-24(7-9-25)18(26)12-14-11-17(23-28-14)15-5-4-13(21)10-16(15)22/h4-5,10,14H,6-9,11-12H2,1-3H3. The average Bonchev–Trinajstić information content (AvgIpc) is 3.08. The number of carbonyl (C=O) groups is 2. The molecule has 2 aliphatic heterocycles. The van der Waals surface area contributed by atoms with E-state index in [0.717, 1.165) is 12.1 Å². The van der Waals surface area contributed by atoms with Crippen LogP contribution in [0.2, 0.25) is 0 Å². The molecule has 2 aliphatic rings. The van der Waals surface area contributed by atoms with E-state index in [1.54, 1.807) is 9.80 Å². The number of hydrogen-bond donors (Lipinski definition) is 0. The van der Waals surface area contributed by atoms with E-state index >= 15 is 0 Å². The van der Waals surface area contributed by atoms with Gasteiger partial charge in [-0.2, -0.15) is 0 Å². The molecular weight excluding hydrogens is 368 g/mol. The van der Waals surface area contributed by atoms with Gasteiger partial charge < -0.3 is 14.6 Å². The van der Waals surface area contributed by atoms with Gasteiger partial charge in [0.2, 0.25) is 11.8 Å². The fraction of sp³-hybridized carbons (Fsp3) is 0.550. The molecule has 1 aromatic rings. The molecule has 0 bridgehead atoms. The molecule has 1 aromatic carbocycles. The molecule has 0 aliphatic carbocycles. The quantitative estimate of drug-likeness (QED) is 0.793. The number of halogens is 2. The molecule has 152 valence electrons. The summed E-state index contributed by atoms with van der Waals surface area (Å²) in [4.78, 5) is 33.7. The minimum atomic E-state index is -0.700. The molecule has 8 heteroatoms. The van der Waals surface area contributed by atoms with Crippen molar-refractivity contribution in [1.29, 1.82) is 0 Å². The van der Waals surface area contributed by atoms with E-state index in [0.29, 0.717) is 31.9 Å². The van der Waals surface area contributed by atoms with Crippen LogP contribution in [0.4, 0.5) is 8.78 Å². The minimum Gasteiger partial charge on any atom is -0.391 e. The van der Waals surface area contributed by atoms with Crippen LogP contribution < -0.4 is 0 Å². The second kappa shape index (κ2) is 7.85. The van der Waals surface area contributed by atoms with E-state index < -0.39 is 23.2 Å². The first kappa shape index (κ1) is 20.2. The third-order valence-electron chi connectivity index (χ3n) is 4.94. The zero-order valence-electron chi connectivity index (χ0n) is 16.4. The largest absolute Gasteiger partial charge is 0.391 e. The molecule has 3 rings (SSSR count). The number of hydrogen-bond acceptors (Lipinski definition) is 4. The maximum Gasteiger partial charge on any atom is 0.228 e. The van der Waals surface area contributed by atoms with Gasteiger partial charge in [-0.05, 0) is 12.1 Å². The van der Waals surface area contributed by atoms with E-state index in [1.165, 1.54) is 6.07 Å². The molecule has 28 heavy (non-hydrogen) atoms. The van der Waals surface area contributed by atoms with Gasteiger partial charge >= 0.3 is 0 Å². The summed E-state index contributed by atoms with van der Waals surface area (Å²) in [6, 6.07) is 3.29. The van der Waals surface area contributed by atoms with Gasteiger partial charge in [-0.15, -0.1) is 0 Å². The summed E-state index contributed by atoms with van der Waals surface area (Å²) < 4.78 is 26.9. The second-order valence-corrected chi connectivity index (χ2v) is 8.22. The van der Waals surface area contributed by atoms with Crippen LogP contribution in [-0.2, 0) is 14.4 Å². The van der Waals surface area contributed by atoms with Gasteiger partial charge in [0, 0.05) is 49.6 Å². The highest BCUT2D eigenvalue weighted by molar-refractivity contribution is 6.01. The highest BCUT2D eigenvalue weighted by Crippen LogP contribution is 2.23. The van der Waals surface area contributed by atoms with Crippen molar-refractivity contribution < 1.29 is 23.2 Å². The smallest absolute Gasteiger partial charge is 0.228 e. The summed E-state index contributed by atoms with van der Waals surface area (Å²) in [5.41, 5.74) is 0.120. The Balaban J connectivity index is 1.50. The van der Waals surface area contributed by atoms with Crippen LogP contribution in [0.3, 0.4) is 0 Å². The Kier molecular flexibility index (Phi) is 5.67. The molecule has 0 N–H and O–H groups in total. The molecule has 0 radical (unpaired) electrons. The Morgan fingerprint density at radius 3 is 2.39 bits per heavy atom. The topological polar surface area (TPSA) is 62.2 Å². The monoisotopic (exact) mass is 393 g/mol. The second-order valence-electron chi connectivity index (χ2n) is 8.22. The van der Waals surface area contributed by atoms with E-state index in [9.17, 15) is 18.4 Å². The van der Waals surface area contributed by atoms with Crippen molar-refractivity contribution in [1.82, 2.24) is 9.80 Å². The maximum absolute atomic E-state index is 13.9. The molecule has 0 saturated carbocycles. The van der Waals surface area contributed by atoms with Gasteiger partial charge in [0.1, 0.15) is 17.7 Å². The van der Waals surface area contributed by atoms with Crippen LogP contribution in [-0.4, -0.2) is 59.6 Å². The molecule has 1 fully saturated rings. The number of amides is 2. The lowest BCUT2D eigenvalue weighted by Crippen LogP contribution is -2.53. The maximum atomic E-state index is 13.9. The van der Waals surface area contributed by atoms with E-state index in [4.69, 9.17) is 4.84 Å². The van der Waals surface area contributed by atoms with Crippen LogP contribution in [0, 0.1) is 17.0 Å². The number of piperazine rings is 1. The lowest BCUT2D eigenvalue weighted by atomic mass is 9.94. The minimum absolute atomic E-state index is 0.0797. The van der Waals surface area contributed by atoms with Crippen molar-refractivity contribution in [3.63, 3.8) is 0 Å². The van der Waals surface area contributed by atoms with Gasteiger partial charge in [0.15, 0.2) is 0 Å². The molecular formula is C20H25F2N3O3. The predicted molar refractivity (Wildman–Crippen MR) is 99.6 cm³/mol. The number of rotatable bonds is 3. The molecule has 2 heterocycles. The Morgan fingerprint density at radius 2 is 1.79 bits per heavy atom. The van der Waals surface area contributed by atoms with Gasteiger partial charge in [0.25, 0.3) is 0 Å². The number of nitrogens with zero attached hydrogens (tertiary/aromatic N) is 3. The van der Waals surface area contributed by atoms with Crippen LogP contribution in [0.1, 0.15) is 39.2 Å². The Bertz CT molecular complexity index is 796. The van der Waals surface area contributed by atoms with Crippen molar-refractivity contribution in [2.45, 2.75) is 39.7 Å². The van der Waals surface area contributed by atoms with Gasteiger partial charge in [-0.3, -0.25) is 9.59 Å². The Hall–Kier alpha value is -2.51. The van der Waals surface area contributed by atoms with Crippen LogP contribution in [0.25, 0.3) is 0 Å². The zero-order valence-corrected chi connectivity index (χ0v) is 16.4. The highest BCUT2D eigenvalue weighted by Gasteiger charge is 2.33. The van der Waals surface area contributed by atoms with E-state index in [2.05, 4.69) is 5.16 Å². The lowest BCUT2D eigenvalue weighted by Gasteiger charge is -2.37. The fourth-order valence-corrected chi connectivity index (χ4v) is 3.38. The zero-order chi connectivity index (χ0) is 20.5. The van der Waals surface area contributed by atoms with Gasteiger partial charge in [-0.1, -0.05) is 25.9 Å². The summed E-state index contributed by atoms with van der Waals surface area (Å²) in [6.07, 6.45) is -0.0547. The van der Waals surface area contributed by atoms with Crippen molar-refractivity contribution in [3.05, 3.63) is 35.4 Å². The molecule has 6 nitrogen and oxygen atoms in total. The first-order chi connectivity index (χ1) is 13.1. The molecule has 1 saturated heterocycles. The third kappa shape index (κ3) is 4.48. The third-order valence-corrected chi connectivity index (χ3v) is 4.94. The summed E-state index contributed by atoms with van der Waals surface area (Å²) in [5.74, 6) is -1.35. The molecule has 0 spiro atoms. The number of carbonyl (C=O) groups excluding carboxylic acids is 2. The number of oxime groups is 1. The van der Waals surface area contributed by atoms with Crippen LogP contribution in [0.5, 0.6) is 0 Å². The van der Waals surface area contributed by atoms with Gasteiger partial charge in [0.05, 0.1) is 12.1 Å². The average molecular weight is 393 g/mol. The summed E-state index contributed by atoms with van der Waals surface area (Å²) >= 11 is 0. The van der Waals surface area contributed by atoms with Crippen LogP contribution >= 0.6 is 0 Å².